The highest BCUT2D eigenvalue weighted by Gasteiger charge is 2.11. The van der Waals surface area contributed by atoms with Crippen molar-refractivity contribution in [3.05, 3.63) is 57.6 Å². The summed E-state index contributed by atoms with van der Waals surface area (Å²) in [5, 5.41) is 9.60. The van der Waals surface area contributed by atoms with Crippen LogP contribution >= 0.6 is 15.9 Å². The quantitative estimate of drug-likeness (QED) is 0.830. The van der Waals surface area contributed by atoms with E-state index in [2.05, 4.69) is 28.1 Å². The van der Waals surface area contributed by atoms with Crippen LogP contribution in [-0.4, -0.2) is 5.11 Å². The Balaban J connectivity index is 1.83. The maximum atomic E-state index is 9.60. The number of benzene rings is 2. The molecule has 0 heterocycles. The third kappa shape index (κ3) is 3.30. The molecule has 110 valence electrons. The molecule has 2 nitrogen and oxygen atoms in total. The zero-order chi connectivity index (χ0) is 14.8. The van der Waals surface area contributed by atoms with Crippen LogP contribution in [0.3, 0.4) is 0 Å². The predicted molar refractivity (Wildman–Crippen MR) is 87.9 cm³/mol. The summed E-state index contributed by atoms with van der Waals surface area (Å²) >= 11 is 3.51. The van der Waals surface area contributed by atoms with Crippen LogP contribution in [0.25, 0.3) is 0 Å². The van der Waals surface area contributed by atoms with Crippen molar-refractivity contribution in [3.63, 3.8) is 0 Å². The van der Waals surface area contributed by atoms with E-state index in [1.165, 1.54) is 30.4 Å². The monoisotopic (exact) mass is 346 g/mol. The number of aliphatic hydroxyl groups excluding tert-OH is 1. The molecule has 0 radical (unpaired) electrons. The summed E-state index contributed by atoms with van der Waals surface area (Å²) in [4.78, 5) is 0. The molecule has 1 aliphatic rings. The van der Waals surface area contributed by atoms with Crippen molar-refractivity contribution in [2.75, 3.05) is 0 Å². The average Bonchev–Trinajstić information content (AvgIpc) is 2.49. The van der Waals surface area contributed by atoms with Crippen molar-refractivity contribution in [1.82, 2.24) is 0 Å². The largest absolute Gasteiger partial charge is 0.456 e. The third-order valence-corrected chi connectivity index (χ3v) is 4.61. The van der Waals surface area contributed by atoms with Crippen molar-refractivity contribution >= 4 is 15.9 Å². The second-order valence-corrected chi connectivity index (χ2v) is 6.46. The number of hydrogen-bond acceptors (Lipinski definition) is 2. The number of hydrogen-bond donors (Lipinski definition) is 1. The predicted octanol–water partition coefficient (Wildman–Crippen LogP) is 5.17. The lowest BCUT2D eigenvalue weighted by atomic mass is 9.92. The summed E-state index contributed by atoms with van der Waals surface area (Å²) in [5.74, 6) is 1.65. The van der Waals surface area contributed by atoms with Gasteiger partial charge in [0.15, 0.2) is 0 Å². The number of halogens is 1. The van der Waals surface area contributed by atoms with Gasteiger partial charge in [-0.05, 0) is 89.5 Å². The highest BCUT2D eigenvalue weighted by atomic mass is 79.9. The van der Waals surface area contributed by atoms with E-state index < -0.39 is 6.10 Å². The summed E-state index contributed by atoms with van der Waals surface area (Å²) in [5.41, 5.74) is 3.74. The summed E-state index contributed by atoms with van der Waals surface area (Å²) in [6.45, 7) is 1.76. The van der Waals surface area contributed by atoms with Gasteiger partial charge in [-0.3, -0.25) is 0 Å². The van der Waals surface area contributed by atoms with E-state index in [0.717, 1.165) is 28.0 Å². The molecule has 0 amide bonds. The third-order valence-electron chi connectivity index (χ3n) is 3.99. The number of ether oxygens (including phenoxy) is 1. The van der Waals surface area contributed by atoms with Gasteiger partial charge < -0.3 is 9.84 Å². The van der Waals surface area contributed by atoms with Gasteiger partial charge in [-0.15, -0.1) is 0 Å². The molecule has 1 atom stereocenters. The van der Waals surface area contributed by atoms with Gasteiger partial charge in [0.2, 0.25) is 0 Å². The average molecular weight is 347 g/mol. The van der Waals surface area contributed by atoms with E-state index in [0.29, 0.717) is 0 Å². The Labute approximate surface area is 133 Å². The van der Waals surface area contributed by atoms with Gasteiger partial charge in [0, 0.05) is 0 Å². The molecule has 0 spiro atoms. The first-order chi connectivity index (χ1) is 10.1. The van der Waals surface area contributed by atoms with Crippen molar-refractivity contribution in [2.24, 2.45) is 0 Å². The fourth-order valence-electron chi connectivity index (χ4n) is 2.76. The van der Waals surface area contributed by atoms with Gasteiger partial charge in [-0.2, -0.15) is 0 Å². The maximum Gasteiger partial charge on any atom is 0.141 e. The van der Waals surface area contributed by atoms with Gasteiger partial charge in [-0.1, -0.05) is 12.1 Å². The topological polar surface area (TPSA) is 29.5 Å². The molecule has 1 unspecified atom stereocenters. The van der Waals surface area contributed by atoms with Gasteiger partial charge >= 0.3 is 0 Å². The highest BCUT2D eigenvalue weighted by Crippen LogP contribution is 2.33. The standard InChI is InChI=1S/C18H19BrO2/c1-12(20)14-7-9-18(17(19)11-14)21-16-8-6-13-4-2-3-5-15(13)10-16/h6-12,20H,2-5H2,1H3. The van der Waals surface area contributed by atoms with Crippen LogP contribution in [0.15, 0.2) is 40.9 Å². The van der Waals surface area contributed by atoms with E-state index >= 15 is 0 Å². The summed E-state index contributed by atoms with van der Waals surface area (Å²) < 4.78 is 6.84. The fourth-order valence-corrected chi connectivity index (χ4v) is 3.24. The summed E-state index contributed by atoms with van der Waals surface area (Å²) in [7, 11) is 0. The molecule has 3 heteroatoms. The molecule has 2 aromatic carbocycles. The molecular formula is C18H19BrO2. The lowest BCUT2D eigenvalue weighted by Gasteiger charge is -2.17. The van der Waals surface area contributed by atoms with Crippen LogP contribution in [0, 0.1) is 0 Å². The van der Waals surface area contributed by atoms with Crippen LogP contribution in [-0.2, 0) is 12.8 Å². The minimum atomic E-state index is -0.473. The number of fused-ring (bicyclic) bond motifs is 1. The maximum absolute atomic E-state index is 9.60. The summed E-state index contributed by atoms with van der Waals surface area (Å²) in [6.07, 6.45) is 4.42. The van der Waals surface area contributed by atoms with E-state index in [4.69, 9.17) is 4.74 Å². The van der Waals surface area contributed by atoms with E-state index in [1.807, 2.05) is 24.3 Å². The zero-order valence-corrected chi connectivity index (χ0v) is 13.7. The SMILES string of the molecule is CC(O)c1ccc(Oc2ccc3c(c2)CCCC3)c(Br)c1. The molecule has 0 aliphatic heterocycles. The van der Waals surface area contributed by atoms with E-state index in [1.54, 1.807) is 6.92 Å². The van der Waals surface area contributed by atoms with Crippen LogP contribution in [0.5, 0.6) is 11.5 Å². The van der Waals surface area contributed by atoms with Crippen LogP contribution in [0.2, 0.25) is 0 Å². The Morgan fingerprint density at radius 1 is 1.05 bits per heavy atom. The van der Waals surface area contributed by atoms with Crippen molar-refractivity contribution < 1.29 is 9.84 Å². The number of aliphatic hydroxyl groups is 1. The second-order valence-electron chi connectivity index (χ2n) is 5.61. The molecule has 0 aromatic heterocycles. The molecular weight excluding hydrogens is 328 g/mol. The molecule has 2 aromatic rings. The molecule has 3 rings (SSSR count). The molecule has 1 aliphatic carbocycles. The molecule has 0 fully saturated rings. The van der Waals surface area contributed by atoms with Crippen LogP contribution < -0.4 is 4.74 Å². The molecule has 21 heavy (non-hydrogen) atoms. The Kier molecular flexibility index (Phi) is 4.32. The first-order valence-electron chi connectivity index (χ1n) is 7.40. The Hall–Kier alpha value is -1.32. The smallest absolute Gasteiger partial charge is 0.141 e. The van der Waals surface area contributed by atoms with Gasteiger partial charge in [-0.25, -0.2) is 0 Å². The van der Waals surface area contributed by atoms with E-state index in [9.17, 15) is 5.11 Å². The first kappa shape index (κ1) is 14.6. The number of aryl methyl sites for hydroxylation is 2. The van der Waals surface area contributed by atoms with Crippen molar-refractivity contribution in [3.8, 4) is 11.5 Å². The van der Waals surface area contributed by atoms with Crippen molar-refractivity contribution in [2.45, 2.75) is 38.7 Å². The minimum absolute atomic E-state index is 0.473. The van der Waals surface area contributed by atoms with Gasteiger partial charge in [0.05, 0.1) is 10.6 Å². The van der Waals surface area contributed by atoms with Gasteiger partial charge in [0.1, 0.15) is 11.5 Å². The lowest BCUT2D eigenvalue weighted by Crippen LogP contribution is -2.02. The second kappa shape index (κ2) is 6.20. The Morgan fingerprint density at radius 3 is 2.52 bits per heavy atom. The normalized spacial score (nSPS) is 15.4. The van der Waals surface area contributed by atoms with E-state index in [-0.39, 0.29) is 0 Å². The zero-order valence-electron chi connectivity index (χ0n) is 12.1. The first-order valence-corrected chi connectivity index (χ1v) is 8.20. The fraction of sp³-hybridized carbons (Fsp3) is 0.333. The van der Waals surface area contributed by atoms with Crippen LogP contribution in [0.1, 0.15) is 42.6 Å². The minimum Gasteiger partial charge on any atom is -0.456 e. The van der Waals surface area contributed by atoms with Gasteiger partial charge in [0.25, 0.3) is 0 Å². The molecule has 0 saturated heterocycles. The molecule has 0 bridgehead atoms. The highest BCUT2D eigenvalue weighted by molar-refractivity contribution is 9.10. The molecule has 1 N–H and O–H groups in total. The number of rotatable bonds is 3. The van der Waals surface area contributed by atoms with Crippen molar-refractivity contribution in [1.29, 1.82) is 0 Å². The Morgan fingerprint density at radius 2 is 1.81 bits per heavy atom. The molecule has 0 saturated carbocycles. The Bertz CT molecular complexity index is 650. The summed E-state index contributed by atoms with van der Waals surface area (Å²) in [6, 6.07) is 12.1. The lowest BCUT2D eigenvalue weighted by molar-refractivity contribution is 0.199. The van der Waals surface area contributed by atoms with Crippen LogP contribution in [0.4, 0.5) is 0 Å².